The van der Waals surface area contributed by atoms with Crippen LogP contribution in [0, 0.1) is 12.8 Å². The van der Waals surface area contributed by atoms with Crippen LogP contribution < -0.4 is 10.2 Å². The maximum absolute atomic E-state index is 4.67. The molecule has 0 bridgehead atoms. The fourth-order valence-corrected chi connectivity index (χ4v) is 3.67. The van der Waals surface area contributed by atoms with E-state index in [9.17, 15) is 0 Å². The molecule has 1 aromatic heterocycles. The minimum Gasteiger partial charge on any atom is -0.355 e. The van der Waals surface area contributed by atoms with E-state index in [0.717, 1.165) is 36.9 Å². The van der Waals surface area contributed by atoms with Crippen LogP contribution in [0.1, 0.15) is 24.0 Å². The van der Waals surface area contributed by atoms with Gasteiger partial charge >= 0.3 is 0 Å². The summed E-state index contributed by atoms with van der Waals surface area (Å²) in [5.74, 6) is 2.19. The Bertz CT molecular complexity index is 873. The summed E-state index contributed by atoms with van der Waals surface area (Å²) < 4.78 is 0. The molecule has 4 rings (SSSR count). The third kappa shape index (κ3) is 4.61. The van der Waals surface area contributed by atoms with E-state index >= 15 is 0 Å². The first-order valence-electron chi connectivity index (χ1n) is 9.58. The van der Waals surface area contributed by atoms with E-state index in [4.69, 9.17) is 0 Å². The summed E-state index contributed by atoms with van der Waals surface area (Å²) in [6.07, 6.45) is 5.29. The third-order valence-corrected chi connectivity index (χ3v) is 5.13. The van der Waals surface area contributed by atoms with Crippen molar-refractivity contribution in [1.82, 2.24) is 15.2 Å². The molecule has 1 fully saturated rings. The Hall–Kier alpha value is -2.95. The predicted octanol–water partition coefficient (Wildman–Crippen LogP) is 4.38. The van der Waals surface area contributed by atoms with Gasteiger partial charge in [0.1, 0.15) is 0 Å². The lowest BCUT2D eigenvalue weighted by Gasteiger charge is -2.32. The van der Waals surface area contributed by atoms with E-state index in [1.54, 1.807) is 6.20 Å². The van der Waals surface area contributed by atoms with Gasteiger partial charge in [0.2, 0.25) is 5.95 Å². The highest BCUT2D eigenvalue weighted by atomic mass is 15.3. The zero-order valence-electron chi connectivity index (χ0n) is 15.7. The van der Waals surface area contributed by atoms with Gasteiger partial charge in [0.25, 0.3) is 0 Å². The Morgan fingerprint density at radius 3 is 2.63 bits per heavy atom. The van der Waals surface area contributed by atoms with Crippen LogP contribution >= 0.6 is 0 Å². The topological polar surface area (TPSA) is 53.9 Å². The van der Waals surface area contributed by atoms with Gasteiger partial charge in [-0.05, 0) is 55.4 Å². The molecule has 2 heterocycles. The van der Waals surface area contributed by atoms with Gasteiger partial charge in [0.05, 0.1) is 6.20 Å². The van der Waals surface area contributed by atoms with Gasteiger partial charge in [-0.2, -0.15) is 10.1 Å². The van der Waals surface area contributed by atoms with E-state index in [-0.39, 0.29) is 0 Å². The number of anilines is 3. The Kier molecular flexibility index (Phi) is 5.28. The summed E-state index contributed by atoms with van der Waals surface area (Å²) >= 11 is 0. The number of nitrogens with zero attached hydrogens (tertiary/aromatic N) is 4. The summed E-state index contributed by atoms with van der Waals surface area (Å²) in [5.41, 5.74) is 3.62. The SMILES string of the molecule is Cc1cccc(Nc2nncc(N3CCC(Cc4ccccc4)CC3)n2)c1. The van der Waals surface area contributed by atoms with E-state index in [1.165, 1.54) is 24.0 Å². The highest BCUT2D eigenvalue weighted by Gasteiger charge is 2.21. The molecule has 1 saturated heterocycles. The molecule has 0 amide bonds. The number of nitrogens with one attached hydrogen (secondary N) is 1. The smallest absolute Gasteiger partial charge is 0.249 e. The summed E-state index contributed by atoms with van der Waals surface area (Å²) in [4.78, 5) is 6.99. The number of hydrogen-bond donors (Lipinski definition) is 1. The molecule has 27 heavy (non-hydrogen) atoms. The molecule has 138 valence electrons. The van der Waals surface area contributed by atoms with E-state index < -0.39 is 0 Å². The molecule has 0 radical (unpaired) electrons. The van der Waals surface area contributed by atoms with E-state index in [1.807, 2.05) is 12.1 Å². The summed E-state index contributed by atoms with van der Waals surface area (Å²) in [6.45, 7) is 4.10. The maximum Gasteiger partial charge on any atom is 0.249 e. The van der Waals surface area contributed by atoms with Crippen molar-refractivity contribution in [3.05, 3.63) is 71.9 Å². The molecule has 0 unspecified atom stereocenters. The molecule has 5 heteroatoms. The van der Waals surface area contributed by atoms with Crippen LogP contribution in [0.4, 0.5) is 17.5 Å². The fourth-order valence-electron chi connectivity index (χ4n) is 3.67. The van der Waals surface area contributed by atoms with Crippen LogP contribution in [0.3, 0.4) is 0 Å². The molecule has 1 aliphatic rings. The van der Waals surface area contributed by atoms with Crippen LogP contribution in [-0.2, 0) is 6.42 Å². The van der Waals surface area contributed by atoms with Gasteiger partial charge in [-0.25, -0.2) is 0 Å². The van der Waals surface area contributed by atoms with Crippen LogP contribution in [0.15, 0.2) is 60.8 Å². The van der Waals surface area contributed by atoms with Gasteiger partial charge in [-0.3, -0.25) is 0 Å². The van der Waals surface area contributed by atoms with Crippen molar-refractivity contribution in [2.45, 2.75) is 26.2 Å². The molecule has 3 aromatic rings. The molecule has 1 N–H and O–H groups in total. The van der Waals surface area contributed by atoms with Crippen molar-refractivity contribution >= 4 is 17.5 Å². The van der Waals surface area contributed by atoms with Gasteiger partial charge in [0, 0.05) is 18.8 Å². The van der Waals surface area contributed by atoms with Crippen molar-refractivity contribution in [3.8, 4) is 0 Å². The van der Waals surface area contributed by atoms with Crippen LogP contribution in [0.5, 0.6) is 0 Å². The van der Waals surface area contributed by atoms with Crippen molar-refractivity contribution in [2.75, 3.05) is 23.3 Å². The van der Waals surface area contributed by atoms with Gasteiger partial charge in [-0.15, -0.1) is 5.10 Å². The Morgan fingerprint density at radius 1 is 1.04 bits per heavy atom. The zero-order chi connectivity index (χ0) is 18.5. The first kappa shape index (κ1) is 17.5. The average molecular weight is 359 g/mol. The molecule has 2 aromatic carbocycles. The molecule has 0 atom stereocenters. The number of aromatic nitrogens is 3. The maximum atomic E-state index is 4.67. The molecule has 0 aliphatic carbocycles. The zero-order valence-corrected chi connectivity index (χ0v) is 15.7. The van der Waals surface area contributed by atoms with E-state index in [2.05, 4.69) is 74.8 Å². The molecular weight excluding hydrogens is 334 g/mol. The number of aryl methyl sites for hydroxylation is 1. The third-order valence-electron chi connectivity index (χ3n) is 5.13. The lowest BCUT2D eigenvalue weighted by atomic mass is 9.90. The fraction of sp³-hybridized carbons (Fsp3) is 0.318. The van der Waals surface area contributed by atoms with E-state index in [0.29, 0.717) is 5.95 Å². The first-order chi connectivity index (χ1) is 13.3. The molecule has 0 spiro atoms. The summed E-state index contributed by atoms with van der Waals surface area (Å²) in [7, 11) is 0. The highest BCUT2D eigenvalue weighted by Crippen LogP contribution is 2.25. The standard InChI is InChI=1S/C22H25N5/c1-17-6-5-9-20(14-17)24-22-25-21(16-23-26-22)27-12-10-19(11-13-27)15-18-7-3-2-4-8-18/h2-9,14,16,19H,10-13,15H2,1H3,(H,24,25,26). The van der Waals surface area contributed by atoms with Crippen molar-refractivity contribution < 1.29 is 0 Å². The van der Waals surface area contributed by atoms with Gasteiger partial charge in [-0.1, -0.05) is 42.5 Å². The highest BCUT2D eigenvalue weighted by molar-refractivity contribution is 5.55. The van der Waals surface area contributed by atoms with Gasteiger partial charge in [0.15, 0.2) is 5.82 Å². The largest absolute Gasteiger partial charge is 0.355 e. The normalized spacial score (nSPS) is 14.9. The van der Waals surface area contributed by atoms with Gasteiger partial charge < -0.3 is 10.2 Å². The quantitative estimate of drug-likeness (QED) is 0.732. The Labute approximate surface area is 160 Å². The minimum atomic E-state index is 0.546. The van der Waals surface area contributed by atoms with Crippen molar-refractivity contribution in [2.24, 2.45) is 5.92 Å². The second-order valence-electron chi connectivity index (χ2n) is 7.25. The number of hydrogen-bond acceptors (Lipinski definition) is 5. The first-order valence-corrected chi connectivity index (χ1v) is 9.58. The van der Waals surface area contributed by atoms with Crippen molar-refractivity contribution in [1.29, 1.82) is 0 Å². The van der Waals surface area contributed by atoms with Crippen LogP contribution in [0.2, 0.25) is 0 Å². The number of rotatable bonds is 5. The Morgan fingerprint density at radius 2 is 1.85 bits per heavy atom. The predicted molar refractivity (Wildman–Crippen MR) is 109 cm³/mol. The number of benzene rings is 2. The summed E-state index contributed by atoms with van der Waals surface area (Å²) in [6, 6.07) is 19.0. The monoisotopic (exact) mass is 359 g/mol. The van der Waals surface area contributed by atoms with Crippen LogP contribution in [0.25, 0.3) is 0 Å². The Balaban J connectivity index is 1.37. The van der Waals surface area contributed by atoms with Crippen molar-refractivity contribution in [3.63, 3.8) is 0 Å². The lowest BCUT2D eigenvalue weighted by Crippen LogP contribution is -2.35. The summed E-state index contributed by atoms with van der Waals surface area (Å²) in [5, 5.41) is 11.5. The second kappa shape index (κ2) is 8.16. The molecule has 1 aliphatic heterocycles. The molecule has 5 nitrogen and oxygen atoms in total. The van der Waals surface area contributed by atoms with Crippen LogP contribution in [-0.4, -0.2) is 28.3 Å². The molecular formula is C22H25N5. The number of piperidine rings is 1. The second-order valence-corrected chi connectivity index (χ2v) is 7.25. The molecule has 0 saturated carbocycles. The average Bonchev–Trinajstić information content (AvgIpc) is 2.70. The lowest BCUT2D eigenvalue weighted by molar-refractivity contribution is 0.402. The minimum absolute atomic E-state index is 0.546.